The molecule has 0 bridgehead atoms. The van der Waals surface area contributed by atoms with E-state index in [9.17, 15) is 28.6 Å². The average Bonchev–Trinajstić information content (AvgIpc) is 3.22. The normalized spacial score (nSPS) is 19.0. The van der Waals surface area contributed by atoms with Gasteiger partial charge in [-0.1, -0.05) is 18.2 Å². The van der Waals surface area contributed by atoms with Gasteiger partial charge < -0.3 is 24.4 Å². The van der Waals surface area contributed by atoms with Gasteiger partial charge in [0.1, 0.15) is 17.4 Å². The number of carbonyl (C=O) groups excluding carboxylic acids is 1. The smallest absolute Gasteiger partial charge is 0.276 e. The van der Waals surface area contributed by atoms with Gasteiger partial charge in [0.25, 0.3) is 5.91 Å². The van der Waals surface area contributed by atoms with Crippen LogP contribution < -0.4 is 5.43 Å². The molecule has 3 aromatic rings. The fourth-order valence-corrected chi connectivity index (χ4v) is 4.85. The van der Waals surface area contributed by atoms with Crippen LogP contribution in [0.3, 0.4) is 0 Å². The SMILES string of the molecule is O=C1c2c(O)c(=O)c(CCCc3ccc(F)cc3F)cn2C[C@H]2OC[C@H](Cc3ccc(O)cc3)N12. The topological polar surface area (TPSA) is 92.0 Å². The summed E-state index contributed by atoms with van der Waals surface area (Å²) in [6.07, 6.45) is 2.50. The van der Waals surface area contributed by atoms with Gasteiger partial charge in [0, 0.05) is 17.8 Å². The van der Waals surface area contributed by atoms with Crippen molar-refractivity contribution in [2.24, 2.45) is 0 Å². The molecular weight excluding hydrogens is 458 g/mol. The first-order chi connectivity index (χ1) is 16.8. The van der Waals surface area contributed by atoms with Gasteiger partial charge in [-0.3, -0.25) is 9.59 Å². The zero-order valence-corrected chi connectivity index (χ0v) is 18.8. The predicted molar refractivity (Wildman–Crippen MR) is 122 cm³/mol. The number of fused-ring (bicyclic) bond motifs is 2. The van der Waals surface area contributed by atoms with Gasteiger partial charge in [-0.05, 0) is 55.0 Å². The molecular formula is C26H24F2N2O5. The van der Waals surface area contributed by atoms with Crippen molar-refractivity contribution in [2.45, 2.75) is 44.5 Å². The maximum absolute atomic E-state index is 13.9. The van der Waals surface area contributed by atoms with Crippen molar-refractivity contribution >= 4 is 5.91 Å². The van der Waals surface area contributed by atoms with Crippen LogP contribution in [0, 0.1) is 11.6 Å². The number of phenolic OH excluding ortho intramolecular Hbond substituents is 1. The standard InChI is InChI=1S/C26H24F2N2O5/c27-18-7-6-16(21(28)11-18)2-1-3-17-12-29-13-22-30(26(34)23(29)25(33)24(17)32)19(14-35-22)10-15-4-8-20(31)9-5-15/h4-9,11-12,19,22,31,33H,1-3,10,13-14H2/t19-,22+/m0/s1. The second-order valence-corrected chi connectivity index (χ2v) is 8.95. The molecule has 0 spiro atoms. The molecule has 182 valence electrons. The Morgan fingerprint density at radius 2 is 1.74 bits per heavy atom. The number of phenols is 1. The number of ether oxygens (including phenoxy) is 1. The molecule has 7 nitrogen and oxygen atoms in total. The number of nitrogens with zero attached hydrogens (tertiary/aromatic N) is 2. The van der Waals surface area contributed by atoms with Crippen molar-refractivity contribution in [3.05, 3.63) is 92.9 Å². The molecule has 2 aliphatic rings. The molecule has 5 rings (SSSR count). The number of benzene rings is 2. The van der Waals surface area contributed by atoms with Gasteiger partial charge in [0.2, 0.25) is 5.43 Å². The minimum absolute atomic E-state index is 0.0687. The molecule has 1 fully saturated rings. The largest absolute Gasteiger partial charge is 0.508 e. The van der Waals surface area contributed by atoms with Crippen molar-refractivity contribution in [3.8, 4) is 11.5 Å². The summed E-state index contributed by atoms with van der Waals surface area (Å²) >= 11 is 0. The van der Waals surface area contributed by atoms with Crippen LogP contribution in [0.4, 0.5) is 8.78 Å². The summed E-state index contributed by atoms with van der Waals surface area (Å²) in [5.41, 5.74) is 0.885. The van der Waals surface area contributed by atoms with Crippen molar-refractivity contribution < 1.29 is 28.5 Å². The van der Waals surface area contributed by atoms with Crippen LogP contribution in [0.1, 0.15) is 33.6 Å². The molecule has 2 atom stereocenters. The van der Waals surface area contributed by atoms with Crippen LogP contribution in [-0.2, 0) is 30.5 Å². The zero-order chi connectivity index (χ0) is 24.7. The lowest BCUT2D eigenvalue weighted by molar-refractivity contribution is 0.00579. The monoisotopic (exact) mass is 482 g/mol. The lowest BCUT2D eigenvalue weighted by Gasteiger charge is -2.34. The first kappa shape index (κ1) is 23.0. The third-order valence-corrected chi connectivity index (χ3v) is 6.62. The first-order valence-electron chi connectivity index (χ1n) is 11.4. The second kappa shape index (κ2) is 9.14. The summed E-state index contributed by atoms with van der Waals surface area (Å²) < 4.78 is 34.4. The van der Waals surface area contributed by atoms with E-state index >= 15 is 0 Å². The third-order valence-electron chi connectivity index (χ3n) is 6.62. The van der Waals surface area contributed by atoms with Crippen LogP contribution in [0.25, 0.3) is 0 Å². The number of hydrogen-bond donors (Lipinski definition) is 2. The number of hydrogen-bond acceptors (Lipinski definition) is 5. The molecule has 2 aliphatic heterocycles. The fraction of sp³-hybridized carbons (Fsp3) is 0.308. The Kier molecular flexibility index (Phi) is 6.02. The number of halogens is 2. The van der Waals surface area contributed by atoms with Crippen LogP contribution in [0.2, 0.25) is 0 Å². The minimum atomic E-state index is -0.651. The summed E-state index contributed by atoms with van der Waals surface area (Å²) in [6, 6.07) is 9.82. The fourth-order valence-electron chi connectivity index (χ4n) is 4.85. The highest BCUT2D eigenvalue weighted by atomic mass is 19.1. The number of aryl methyl sites for hydroxylation is 2. The maximum Gasteiger partial charge on any atom is 0.276 e. The Morgan fingerprint density at radius 1 is 1.00 bits per heavy atom. The maximum atomic E-state index is 13.9. The summed E-state index contributed by atoms with van der Waals surface area (Å²) in [5, 5.41) is 20.2. The van der Waals surface area contributed by atoms with E-state index in [1.165, 1.54) is 12.1 Å². The van der Waals surface area contributed by atoms with Gasteiger partial charge in [0.15, 0.2) is 17.7 Å². The lowest BCUT2D eigenvalue weighted by Crippen LogP contribution is -2.50. The summed E-state index contributed by atoms with van der Waals surface area (Å²) in [6.45, 7) is 0.577. The summed E-state index contributed by atoms with van der Waals surface area (Å²) in [4.78, 5) is 27.7. The molecule has 35 heavy (non-hydrogen) atoms. The molecule has 1 amide bonds. The number of aromatic hydroxyl groups is 2. The van der Waals surface area contributed by atoms with E-state index in [1.54, 1.807) is 39.9 Å². The molecule has 0 unspecified atom stereocenters. The number of carbonyl (C=O) groups is 1. The van der Waals surface area contributed by atoms with Gasteiger partial charge >= 0.3 is 0 Å². The van der Waals surface area contributed by atoms with Crippen LogP contribution in [-0.4, -0.2) is 44.5 Å². The van der Waals surface area contributed by atoms with E-state index in [2.05, 4.69) is 0 Å². The van der Waals surface area contributed by atoms with Crippen molar-refractivity contribution in [1.29, 1.82) is 0 Å². The molecule has 0 radical (unpaired) electrons. The Hall–Kier alpha value is -3.72. The number of aromatic nitrogens is 1. The van der Waals surface area contributed by atoms with Crippen molar-refractivity contribution in [3.63, 3.8) is 0 Å². The number of rotatable bonds is 6. The molecule has 0 saturated carbocycles. The van der Waals surface area contributed by atoms with E-state index in [-0.39, 0.29) is 30.5 Å². The molecule has 3 heterocycles. The van der Waals surface area contributed by atoms with Crippen molar-refractivity contribution in [2.75, 3.05) is 6.61 Å². The van der Waals surface area contributed by atoms with E-state index in [4.69, 9.17) is 4.74 Å². The van der Waals surface area contributed by atoms with Crippen LogP contribution >= 0.6 is 0 Å². The molecule has 0 aliphatic carbocycles. The Bertz CT molecular complexity index is 1340. The van der Waals surface area contributed by atoms with E-state index in [0.29, 0.717) is 37.0 Å². The van der Waals surface area contributed by atoms with Gasteiger partial charge in [-0.15, -0.1) is 0 Å². The van der Waals surface area contributed by atoms with Gasteiger partial charge in [0.05, 0.1) is 19.2 Å². The molecule has 1 aromatic heterocycles. The summed E-state index contributed by atoms with van der Waals surface area (Å²) in [5.74, 6) is -2.21. The third kappa shape index (κ3) is 4.39. The van der Waals surface area contributed by atoms with Crippen LogP contribution in [0.15, 0.2) is 53.5 Å². The van der Waals surface area contributed by atoms with Gasteiger partial charge in [-0.2, -0.15) is 0 Å². The highest BCUT2D eigenvalue weighted by molar-refractivity contribution is 5.96. The first-order valence-corrected chi connectivity index (χ1v) is 11.4. The quantitative estimate of drug-likeness (QED) is 0.563. The van der Waals surface area contributed by atoms with Crippen molar-refractivity contribution in [1.82, 2.24) is 9.47 Å². The molecule has 1 saturated heterocycles. The molecule has 2 N–H and O–H groups in total. The molecule has 2 aromatic carbocycles. The highest BCUT2D eigenvalue weighted by Gasteiger charge is 2.44. The lowest BCUT2D eigenvalue weighted by atomic mass is 10.0. The van der Waals surface area contributed by atoms with E-state index < -0.39 is 34.9 Å². The van der Waals surface area contributed by atoms with E-state index in [0.717, 1.165) is 11.6 Å². The summed E-state index contributed by atoms with van der Waals surface area (Å²) in [7, 11) is 0. The van der Waals surface area contributed by atoms with Crippen LogP contribution in [0.5, 0.6) is 11.5 Å². The Labute approximate surface area is 199 Å². The number of pyridine rings is 1. The average molecular weight is 482 g/mol. The zero-order valence-electron chi connectivity index (χ0n) is 18.8. The Balaban J connectivity index is 1.34. The second-order valence-electron chi connectivity index (χ2n) is 8.95. The minimum Gasteiger partial charge on any atom is -0.508 e. The number of amides is 1. The highest BCUT2D eigenvalue weighted by Crippen LogP contribution is 2.31. The molecule has 9 heteroatoms. The predicted octanol–water partition coefficient (Wildman–Crippen LogP) is 3.14. The Morgan fingerprint density at radius 3 is 2.49 bits per heavy atom. The van der Waals surface area contributed by atoms with Gasteiger partial charge in [-0.25, -0.2) is 8.78 Å². The van der Waals surface area contributed by atoms with E-state index in [1.807, 2.05) is 0 Å².